The van der Waals surface area contributed by atoms with Gasteiger partial charge in [-0.1, -0.05) is 36.4 Å². The van der Waals surface area contributed by atoms with E-state index in [0.717, 1.165) is 6.26 Å². The van der Waals surface area contributed by atoms with Crippen LogP contribution in [0.4, 0.5) is 4.79 Å². The van der Waals surface area contributed by atoms with Gasteiger partial charge in [0.2, 0.25) is 0 Å². The second kappa shape index (κ2) is 9.63. The summed E-state index contributed by atoms with van der Waals surface area (Å²) in [4.78, 5) is 26.7. The maximum absolute atomic E-state index is 13.0. The number of hydrogen-bond donors (Lipinski definition) is 1. The first-order chi connectivity index (χ1) is 17.0. The Morgan fingerprint density at radius 3 is 2.56 bits per heavy atom. The van der Waals surface area contributed by atoms with Crippen molar-refractivity contribution in [3.8, 4) is 11.1 Å². The third kappa shape index (κ3) is 4.60. The van der Waals surface area contributed by atoms with E-state index in [4.69, 9.17) is 21.1 Å². The Morgan fingerprint density at radius 1 is 1.25 bits per heavy atom. The number of aliphatic hydroxyl groups excluding tert-OH is 1. The number of aliphatic hydroxyl groups is 1. The monoisotopic (exact) mass is 531 g/mol. The minimum Gasteiger partial charge on any atom is -0.507 e. The number of ether oxygens (including phenoxy) is 2. The number of esters is 1. The number of rotatable bonds is 5. The van der Waals surface area contributed by atoms with Gasteiger partial charge in [-0.15, -0.1) is 0 Å². The quantitative estimate of drug-likeness (QED) is 0.548. The number of piperidine rings is 1. The van der Waals surface area contributed by atoms with Gasteiger partial charge in [-0.2, -0.15) is 0 Å². The molecule has 1 spiro atoms. The Morgan fingerprint density at radius 2 is 1.94 bits per heavy atom. The van der Waals surface area contributed by atoms with Crippen molar-refractivity contribution in [2.75, 3.05) is 26.0 Å². The lowest BCUT2D eigenvalue weighted by molar-refractivity contribution is -0.150. The number of nitrogens with zero attached hydrogens (tertiary/aromatic N) is 1. The van der Waals surface area contributed by atoms with Crippen LogP contribution >= 0.6 is 11.6 Å². The molecule has 1 saturated heterocycles. The third-order valence-corrected chi connectivity index (χ3v) is 7.88. The molecule has 1 amide bonds. The summed E-state index contributed by atoms with van der Waals surface area (Å²) in [5, 5.41) is 11.5. The summed E-state index contributed by atoms with van der Waals surface area (Å²) in [7, 11) is -3.42. The molecule has 0 aromatic heterocycles. The van der Waals surface area contributed by atoms with Gasteiger partial charge < -0.3 is 19.5 Å². The van der Waals surface area contributed by atoms with Crippen LogP contribution in [0.1, 0.15) is 30.9 Å². The molecule has 2 aromatic carbocycles. The topological polar surface area (TPSA) is 110 Å². The number of hydrogen-bond acceptors (Lipinski definition) is 7. The number of amides is 1. The zero-order valence-electron chi connectivity index (χ0n) is 19.9. The fraction of sp³-hybridized carbons (Fsp3) is 0.308. The third-order valence-electron chi connectivity index (χ3n) is 6.46. The second-order valence-corrected chi connectivity index (χ2v) is 11.1. The highest BCUT2D eigenvalue weighted by Gasteiger charge is 2.51. The molecule has 2 aromatic rings. The lowest BCUT2D eigenvalue weighted by Crippen LogP contribution is -2.48. The Kier molecular flexibility index (Phi) is 6.90. The van der Waals surface area contributed by atoms with Gasteiger partial charge in [-0.25, -0.2) is 18.0 Å². The highest BCUT2D eigenvalue weighted by molar-refractivity contribution is 7.90. The van der Waals surface area contributed by atoms with Gasteiger partial charge in [0.05, 0.1) is 11.5 Å². The zero-order valence-corrected chi connectivity index (χ0v) is 21.5. The molecule has 0 bridgehead atoms. The first kappa shape index (κ1) is 25.8. The highest BCUT2D eigenvalue weighted by Crippen LogP contribution is 2.45. The van der Waals surface area contributed by atoms with E-state index in [1.54, 1.807) is 31.2 Å². The molecule has 0 atom stereocenters. The fourth-order valence-corrected chi connectivity index (χ4v) is 5.47. The van der Waals surface area contributed by atoms with Gasteiger partial charge in [0.1, 0.15) is 5.57 Å². The van der Waals surface area contributed by atoms with Crippen molar-refractivity contribution in [1.29, 1.82) is 0 Å². The van der Waals surface area contributed by atoms with Crippen LogP contribution < -0.4 is 0 Å². The Labute approximate surface area is 214 Å². The summed E-state index contributed by atoms with van der Waals surface area (Å²) in [5.74, 6) is -0.898. The van der Waals surface area contributed by atoms with Crippen molar-refractivity contribution in [2.24, 2.45) is 0 Å². The molecular weight excluding hydrogens is 506 g/mol. The van der Waals surface area contributed by atoms with Crippen LogP contribution in [0.3, 0.4) is 0 Å². The molecule has 0 unspecified atom stereocenters. The van der Waals surface area contributed by atoms with Gasteiger partial charge in [0.15, 0.2) is 21.2 Å². The molecule has 2 aliphatic heterocycles. The average Bonchev–Trinajstić information content (AvgIpc) is 3.07. The molecule has 190 valence electrons. The van der Waals surface area contributed by atoms with Crippen LogP contribution in [-0.4, -0.2) is 62.0 Å². The van der Waals surface area contributed by atoms with Crippen molar-refractivity contribution in [1.82, 2.24) is 4.90 Å². The number of carbonyl (C=O) groups is 2. The van der Waals surface area contributed by atoms with Crippen molar-refractivity contribution in [3.63, 3.8) is 0 Å². The molecule has 36 heavy (non-hydrogen) atoms. The van der Waals surface area contributed by atoms with E-state index in [1.165, 1.54) is 23.1 Å². The van der Waals surface area contributed by atoms with Gasteiger partial charge >= 0.3 is 12.1 Å². The maximum atomic E-state index is 13.0. The van der Waals surface area contributed by atoms with Crippen LogP contribution in [0.25, 0.3) is 22.8 Å². The van der Waals surface area contributed by atoms with Gasteiger partial charge in [-0.05, 0) is 42.3 Å². The molecule has 2 heterocycles. The Hall–Kier alpha value is -3.30. The second-order valence-electron chi connectivity index (χ2n) is 8.72. The lowest BCUT2D eigenvalue weighted by atomic mass is 9.86. The number of halogens is 1. The molecule has 1 fully saturated rings. The number of likely N-dealkylation sites (tertiary alicyclic amines) is 1. The van der Waals surface area contributed by atoms with E-state index in [1.807, 2.05) is 0 Å². The molecule has 0 saturated carbocycles. The van der Waals surface area contributed by atoms with Crippen molar-refractivity contribution in [2.45, 2.75) is 30.3 Å². The number of sulfone groups is 1. The van der Waals surface area contributed by atoms with Gasteiger partial charge in [0.25, 0.3) is 0 Å². The van der Waals surface area contributed by atoms with E-state index in [9.17, 15) is 23.1 Å². The first-order valence-electron chi connectivity index (χ1n) is 11.4. The summed E-state index contributed by atoms with van der Waals surface area (Å²) >= 11 is 6.60. The number of benzene rings is 2. The van der Waals surface area contributed by atoms with E-state index in [2.05, 4.69) is 6.58 Å². The van der Waals surface area contributed by atoms with Crippen LogP contribution in [0.15, 0.2) is 53.6 Å². The maximum Gasteiger partial charge on any atom is 0.409 e. The first-order valence-corrected chi connectivity index (χ1v) is 13.6. The molecule has 1 N–H and O–H groups in total. The molecule has 2 aliphatic rings. The van der Waals surface area contributed by atoms with Crippen molar-refractivity contribution in [3.05, 3.63) is 64.9 Å². The minimum absolute atomic E-state index is 0.00665. The lowest BCUT2D eigenvalue weighted by Gasteiger charge is -2.37. The smallest absolute Gasteiger partial charge is 0.409 e. The average molecular weight is 532 g/mol. The van der Waals surface area contributed by atoms with Crippen LogP contribution in [0, 0.1) is 0 Å². The molecule has 0 radical (unpaired) electrons. The molecular formula is C26H26ClNO7S. The van der Waals surface area contributed by atoms with Crippen molar-refractivity contribution < 1.29 is 32.6 Å². The molecule has 8 nitrogen and oxygen atoms in total. The van der Waals surface area contributed by atoms with Crippen LogP contribution in [-0.2, 0) is 24.1 Å². The summed E-state index contributed by atoms with van der Waals surface area (Å²) in [6.45, 7) is 6.32. The van der Waals surface area contributed by atoms with Gasteiger partial charge in [0, 0.05) is 48.3 Å². The SMILES string of the molecule is C=Cc1cc(-c2cccc(S(C)(=O)=O)c2)c(Cl)cc1C1=C(O)C2(CCN(C(=O)OCC)CC2)OC1=O. The minimum atomic E-state index is -3.42. The summed E-state index contributed by atoms with van der Waals surface area (Å²) in [6, 6.07) is 9.61. The summed E-state index contributed by atoms with van der Waals surface area (Å²) in [5.41, 5.74) is 0.747. The largest absolute Gasteiger partial charge is 0.507 e. The molecule has 4 rings (SSSR count). The molecule has 0 aliphatic carbocycles. The number of carbonyl (C=O) groups excluding carboxylic acids is 2. The predicted octanol–water partition coefficient (Wildman–Crippen LogP) is 4.87. The van der Waals surface area contributed by atoms with E-state index >= 15 is 0 Å². The Bertz CT molecular complexity index is 1390. The summed E-state index contributed by atoms with van der Waals surface area (Å²) < 4.78 is 34.7. The van der Waals surface area contributed by atoms with E-state index < -0.39 is 27.5 Å². The van der Waals surface area contributed by atoms with Gasteiger partial charge in [-0.3, -0.25) is 0 Å². The van der Waals surface area contributed by atoms with E-state index in [-0.39, 0.29) is 53.8 Å². The van der Waals surface area contributed by atoms with Crippen LogP contribution in [0.2, 0.25) is 5.02 Å². The molecule has 10 heteroatoms. The predicted molar refractivity (Wildman–Crippen MR) is 136 cm³/mol. The fourth-order valence-electron chi connectivity index (χ4n) is 4.53. The van der Waals surface area contributed by atoms with E-state index in [0.29, 0.717) is 22.3 Å². The summed E-state index contributed by atoms with van der Waals surface area (Å²) in [6.07, 6.45) is 2.65. The van der Waals surface area contributed by atoms with Crippen molar-refractivity contribution >= 4 is 45.1 Å². The standard InChI is InChI=1S/C26H26ClNO7S/c1-4-16-14-19(17-7-6-8-18(13-17)36(3,32)33)21(27)15-20(16)22-23(29)26(35-24(22)30)9-11-28(12-10-26)25(31)34-5-2/h4,6-8,13-15,29H,1,5,9-12H2,2-3H3. The normalized spacial score (nSPS) is 17.3. The Balaban J connectivity index is 1.72. The zero-order chi connectivity index (χ0) is 26.3. The highest BCUT2D eigenvalue weighted by atomic mass is 35.5. The van der Waals surface area contributed by atoms with Crippen LogP contribution in [0.5, 0.6) is 0 Å².